The molecule has 0 radical (unpaired) electrons. The van der Waals surface area contributed by atoms with Gasteiger partial charge in [-0.05, 0) is 18.6 Å². The highest BCUT2D eigenvalue weighted by Gasteiger charge is 2.33. The second-order valence-electron chi connectivity index (χ2n) is 6.59. The highest BCUT2D eigenvalue weighted by Crippen LogP contribution is 2.21. The number of ether oxygens (including phenoxy) is 1. The van der Waals surface area contributed by atoms with Crippen molar-refractivity contribution < 1.29 is 14.3 Å². The summed E-state index contributed by atoms with van der Waals surface area (Å²) in [4.78, 5) is 23.3. The second-order valence-corrected chi connectivity index (χ2v) is 6.59. The SMILES string of the molecule is COC(=O)C[C@@H]1C[C@@H](CNc2ccc(-c3ccc(C(=N)N)cc3)nn2)NC1=O. The van der Waals surface area contributed by atoms with Gasteiger partial charge in [-0.1, -0.05) is 24.3 Å². The molecule has 5 N–H and O–H groups in total. The third-order valence-electron chi connectivity index (χ3n) is 4.61. The van der Waals surface area contributed by atoms with E-state index in [9.17, 15) is 9.59 Å². The molecular formula is C19H22N6O3. The maximum absolute atomic E-state index is 11.9. The number of anilines is 1. The van der Waals surface area contributed by atoms with E-state index in [0.717, 1.165) is 5.56 Å². The molecule has 0 bridgehead atoms. The maximum atomic E-state index is 11.9. The molecule has 0 unspecified atom stereocenters. The summed E-state index contributed by atoms with van der Waals surface area (Å²) in [7, 11) is 1.31. The van der Waals surface area contributed by atoms with Crippen molar-refractivity contribution in [3.8, 4) is 11.3 Å². The van der Waals surface area contributed by atoms with Crippen LogP contribution in [0.3, 0.4) is 0 Å². The van der Waals surface area contributed by atoms with Gasteiger partial charge in [0.1, 0.15) is 11.7 Å². The zero-order valence-corrected chi connectivity index (χ0v) is 15.4. The predicted octanol–water partition coefficient (Wildman–Crippen LogP) is 0.907. The third-order valence-corrected chi connectivity index (χ3v) is 4.61. The number of nitrogen functional groups attached to an aromatic ring is 1. The van der Waals surface area contributed by atoms with E-state index in [4.69, 9.17) is 11.1 Å². The molecule has 3 rings (SSSR count). The average molecular weight is 382 g/mol. The molecule has 2 heterocycles. The minimum absolute atomic E-state index is 0.0185. The molecular weight excluding hydrogens is 360 g/mol. The number of amides is 1. The highest BCUT2D eigenvalue weighted by atomic mass is 16.5. The van der Waals surface area contributed by atoms with Crippen LogP contribution in [0, 0.1) is 11.3 Å². The Labute approximate surface area is 162 Å². The third kappa shape index (κ3) is 4.61. The molecule has 1 aromatic carbocycles. The van der Waals surface area contributed by atoms with Crippen LogP contribution in [0.5, 0.6) is 0 Å². The van der Waals surface area contributed by atoms with E-state index in [1.165, 1.54) is 7.11 Å². The van der Waals surface area contributed by atoms with Crippen molar-refractivity contribution in [2.75, 3.05) is 19.0 Å². The molecule has 2 atom stereocenters. The minimum atomic E-state index is -0.383. The number of carbonyl (C=O) groups excluding carboxylic acids is 2. The standard InChI is InChI=1S/C19H22N6O3/c1-28-17(26)9-13-8-14(23-19(13)27)10-22-16-7-6-15(24-25-16)11-2-4-12(5-3-11)18(20)21/h2-7,13-14H,8-10H2,1H3,(H3,20,21)(H,22,25)(H,23,27)/t13-,14-/m0/s1. The smallest absolute Gasteiger partial charge is 0.306 e. The van der Waals surface area contributed by atoms with Crippen molar-refractivity contribution in [1.29, 1.82) is 5.41 Å². The summed E-state index contributed by atoms with van der Waals surface area (Å²) in [5, 5.41) is 21.8. The first-order valence-corrected chi connectivity index (χ1v) is 8.86. The van der Waals surface area contributed by atoms with Crippen molar-refractivity contribution in [1.82, 2.24) is 15.5 Å². The number of nitrogens with zero attached hydrogens (tertiary/aromatic N) is 2. The van der Waals surface area contributed by atoms with Crippen LogP contribution in [0.2, 0.25) is 0 Å². The lowest BCUT2D eigenvalue weighted by Gasteiger charge is -2.11. The van der Waals surface area contributed by atoms with E-state index < -0.39 is 0 Å². The van der Waals surface area contributed by atoms with Crippen LogP contribution in [-0.2, 0) is 14.3 Å². The Morgan fingerprint density at radius 2 is 2.04 bits per heavy atom. The number of nitrogens with two attached hydrogens (primary N) is 1. The van der Waals surface area contributed by atoms with Crippen LogP contribution >= 0.6 is 0 Å². The van der Waals surface area contributed by atoms with Crippen molar-refractivity contribution >= 4 is 23.5 Å². The molecule has 1 aliphatic heterocycles. The Kier molecular flexibility index (Phi) is 5.83. The molecule has 1 aliphatic rings. The molecule has 0 spiro atoms. The molecule has 1 saturated heterocycles. The molecule has 1 fully saturated rings. The van der Waals surface area contributed by atoms with Crippen molar-refractivity contribution in [2.24, 2.45) is 11.7 Å². The lowest BCUT2D eigenvalue weighted by atomic mass is 10.0. The number of amidine groups is 1. The van der Waals surface area contributed by atoms with Crippen LogP contribution in [0.4, 0.5) is 5.82 Å². The average Bonchev–Trinajstić information content (AvgIpc) is 3.06. The minimum Gasteiger partial charge on any atom is -0.469 e. The Morgan fingerprint density at radius 3 is 2.64 bits per heavy atom. The van der Waals surface area contributed by atoms with Gasteiger partial charge in [0, 0.05) is 23.7 Å². The van der Waals surface area contributed by atoms with Crippen LogP contribution < -0.4 is 16.4 Å². The van der Waals surface area contributed by atoms with Gasteiger partial charge in [0.25, 0.3) is 0 Å². The fraction of sp³-hybridized carbons (Fsp3) is 0.316. The Balaban J connectivity index is 1.54. The first kappa shape index (κ1) is 19.3. The molecule has 9 nitrogen and oxygen atoms in total. The Morgan fingerprint density at radius 1 is 1.29 bits per heavy atom. The van der Waals surface area contributed by atoms with Crippen LogP contribution in [0.1, 0.15) is 18.4 Å². The fourth-order valence-electron chi connectivity index (χ4n) is 3.05. The van der Waals surface area contributed by atoms with E-state index in [1.54, 1.807) is 12.1 Å². The predicted molar refractivity (Wildman–Crippen MR) is 104 cm³/mol. The van der Waals surface area contributed by atoms with Gasteiger partial charge in [-0.15, -0.1) is 10.2 Å². The highest BCUT2D eigenvalue weighted by molar-refractivity contribution is 5.95. The lowest BCUT2D eigenvalue weighted by molar-refractivity contribution is -0.143. The summed E-state index contributed by atoms with van der Waals surface area (Å²) in [6, 6.07) is 10.8. The first-order valence-electron chi connectivity index (χ1n) is 8.86. The summed E-state index contributed by atoms with van der Waals surface area (Å²) in [6.45, 7) is 0.491. The molecule has 1 aromatic heterocycles. The number of hydrogen-bond donors (Lipinski definition) is 4. The van der Waals surface area contributed by atoms with E-state index in [2.05, 4.69) is 25.6 Å². The number of carbonyl (C=O) groups is 2. The first-order chi connectivity index (χ1) is 13.5. The number of nitrogens with one attached hydrogen (secondary N) is 3. The molecule has 9 heteroatoms. The van der Waals surface area contributed by atoms with E-state index >= 15 is 0 Å². The number of hydrogen-bond acceptors (Lipinski definition) is 7. The van der Waals surface area contributed by atoms with Gasteiger partial charge >= 0.3 is 5.97 Å². The summed E-state index contributed by atoms with van der Waals surface area (Å²) < 4.78 is 4.62. The molecule has 28 heavy (non-hydrogen) atoms. The van der Waals surface area contributed by atoms with Gasteiger partial charge in [-0.3, -0.25) is 15.0 Å². The van der Waals surface area contributed by atoms with Crippen molar-refractivity contribution in [2.45, 2.75) is 18.9 Å². The summed E-state index contributed by atoms with van der Waals surface area (Å²) >= 11 is 0. The monoisotopic (exact) mass is 382 g/mol. The Bertz CT molecular complexity index is 866. The van der Waals surface area contributed by atoms with Gasteiger partial charge in [0.05, 0.1) is 25.1 Å². The molecule has 1 amide bonds. The van der Waals surface area contributed by atoms with Gasteiger partial charge in [0.15, 0.2) is 0 Å². The number of methoxy groups -OCH3 is 1. The largest absolute Gasteiger partial charge is 0.469 e. The molecule has 0 aliphatic carbocycles. The normalized spacial score (nSPS) is 18.4. The van der Waals surface area contributed by atoms with E-state index in [-0.39, 0.29) is 36.1 Å². The zero-order valence-electron chi connectivity index (χ0n) is 15.4. The topological polar surface area (TPSA) is 143 Å². The molecule has 146 valence electrons. The zero-order chi connectivity index (χ0) is 20.1. The van der Waals surface area contributed by atoms with Crippen LogP contribution in [0.15, 0.2) is 36.4 Å². The van der Waals surface area contributed by atoms with Gasteiger partial charge in [0.2, 0.25) is 5.91 Å². The molecule has 2 aromatic rings. The quantitative estimate of drug-likeness (QED) is 0.316. The number of esters is 1. The van der Waals surface area contributed by atoms with Gasteiger partial charge in [-0.2, -0.15) is 0 Å². The number of rotatable bonds is 7. The summed E-state index contributed by atoms with van der Waals surface area (Å²) in [5.74, 6) is -0.260. The fourth-order valence-corrected chi connectivity index (χ4v) is 3.05. The summed E-state index contributed by atoms with van der Waals surface area (Å²) in [5.41, 5.74) is 7.68. The van der Waals surface area contributed by atoms with Crippen LogP contribution in [0.25, 0.3) is 11.3 Å². The molecule has 0 saturated carbocycles. The van der Waals surface area contributed by atoms with E-state index in [0.29, 0.717) is 30.0 Å². The van der Waals surface area contributed by atoms with Gasteiger partial charge < -0.3 is 21.1 Å². The summed E-state index contributed by atoms with van der Waals surface area (Å²) in [6.07, 6.45) is 0.657. The lowest BCUT2D eigenvalue weighted by Crippen LogP contribution is -2.32. The van der Waals surface area contributed by atoms with Crippen molar-refractivity contribution in [3.05, 3.63) is 42.0 Å². The van der Waals surface area contributed by atoms with E-state index in [1.807, 2.05) is 24.3 Å². The van der Waals surface area contributed by atoms with Crippen LogP contribution in [-0.4, -0.2) is 47.6 Å². The van der Waals surface area contributed by atoms with Crippen molar-refractivity contribution in [3.63, 3.8) is 0 Å². The maximum Gasteiger partial charge on any atom is 0.306 e. The second kappa shape index (κ2) is 8.47. The van der Waals surface area contributed by atoms with Gasteiger partial charge in [-0.25, -0.2) is 0 Å². The Hall–Kier alpha value is -3.49. The number of benzene rings is 1. The number of aromatic nitrogens is 2.